The second-order valence-electron chi connectivity index (χ2n) is 2.95. The molecule has 0 nitrogen and oxygen atoms in total. The lowest BCUT2D eigenvalue weighted by Crippen LogP contribution is -1.96. The Morgan fingerprint density at radius 2 is 1.70 bits per heavy atom. The van der Waals surface area contributed by atoms with Crippen molar-refractivity contribution in [3.8, 4) is 0 Å². The summed E-state index contributed by atoms with van der Waals surface area (Å²) in [5, 5.41) is 0. The lowest BCUT2D eigenvalue weighted by atomic mass is 9.96. The van der Waals surface area contributed by atoms with Gasteiger partial charge < -0.3 is 0 Å². The maximum absolute atomic E-state index is 2.49. The van der Waals surface area contributed by atoms with Crippen LogP contribution in [-0.4, -0.2) is 0 Å². The summed E-state index contributed by atoms with van der Waals surface area (Å²) in [6.45, 7) is 6.80. The van der Waals surface area contributed by atoms with Crippen molar-refractivity contribution in [3.63, 3.8) is 0 Å². The Morgan fingerprint density at radius 3 is 2.10 bits per heavy atom. The van der Waals surface area contributed by atoms with Gasteiger partial charge in [0.05, 0.1) is 0 Å². The highest BCUT2D eigenvalue weighted by molar-refractivity contribution is 4.73. The van der Waals surface area contributed by atoms with E-state index >= 15 is 0 Å². The number of hydrogen-bond donors (Lipinski definition) is 0. The predicted octanol–water partition coefficient (Wildman–Crippen LogP) is 3.82. The maximum atomic E-state index is 2.49. The molecule has 0 aromatic rings. The summed E-state index contributed by atoms with van der Waals surface area (Å²) in [6.07, 6.45) is 9.15. The number of rotatable bonds is 6. The van der Waals surface area contributed by atoms with Gasteiger partial charge in [0.15, 0.2) is 0 Å². The largest absolute Gasteiger partial charge is 0.0654 e. The second-order valence-corrected chi connectivity index (χ2v) is 2.95. The third-order valence-electron chi connectivity index (χ3n) is 2.11. The van der Waals surface area contributed by atoms with Gasteiger partial charge in [-0.05, 0) is 18.8 Å². The van der Waals surface area contributed by atoms with Crippen LogP contribution >= 0.6 is 0 Å². The molecule has 1 radical (unpaired) electrons. The zero-order valence-electron chi connectivity index (χ0n) is 7.69. The minimum atomic E-state index is 0.881. The van der Waals surface area contributed by atoms with E-state index in [1.54, 1.807) is 0 Å². The quantitative estimate of drug-likeness (QED) is 0.493. The Bertz CT molecular complexity index is 53.1. The standard InChI is InChI=1S/C10H21/c1-4-7-8-9-10(5-2)6-3/h9-10H,4-8H2,1-3H3. The third kappa shape index (κ3) is 4.84. The molecule has 0 amide bonds. The third-order valence-corrected chi connectivity index (χ3v) is 2.11. The van der Waals surface area contributed by atoms with E-state index in [9.17, 15) is 0 Å². The summed E-state index contributed by atoms with van der Waals surface area (Å²) in [6, 6.07) is 0. The Hall–Kier alpha value is 0. The van der Waals surface area contributed by atoms with Crippen LogP contribution in [0.1, 0.15) is 52.9 Å². The van der Waals surface area contributed by atoms with Gasteiger partial charge in [0, 0.05) is 0 Å². The molecule has 0 unspecified atom stereocenters. The van der Waals surface area contributed by atoms with E-state index in [1.165, 1.54) is 32.1 Å². The van der Waals surface area contributed by atoms with E-state index < -0.39 is 0 Å². The first kappa shape index (κ1) is 10.0. The zero-order valence-corrected chi connectivity index (χ0v) is 7.69. The first-order valence-corrected chi connectivity index (χ1v) is 4.68. The summed E-state index contributed by atoms with van der Waals surface area (Å²) in [5.74, 6) is 0.881. The highest BCUT2D eigenvalue weighted by Gasteiger charge is 2.01. The molecule has 0 aliphatic rings. The second kappa shape index (κ2) is 7.11. The molecule has 0 bridgehead atoms. The van der Waals surface area contributed by atoms with Gasteiger partial charge in [-0.25, -0.2) is 0 Å². The minimum Gasteiger partial charge on any atom is -0.0654 e. The summed E-state index contributed by atoms with van der Waals surface area (Å²) in [7, 11) is 0. The Morgan fingerprint density at radius 1 is 1.10 bits per heavy atom. The van der Waals surface area contributed by atoms with Crippen molar-refractivity contribution in [2.45, 2.75) is 52.9 Å². The van der Waals surface area contributed by atoms with Crippen LogP contribution in [-0.2, 0) is 0 Å². The molecule has 0 aliphatic carbocycles. The summed E-state index contributed by atoms with van der Waals surface area (Å²) in [4.78, 5) is 0. The van der Waals surface area contributed by atoms with Crippen molar-refractivity contribution in [1.82, 2.24) is 0 Å². The van der Waals surface area contributed by atoms with E-state index in [2.05, 4.69) is 27.2 Å². The van der Waals surface area contributed by atoms with Crippen LogP contribution in [0.25, 0.3) is 0 Å². The molecule has 0 heterocycles. The van der Waals surface area contributed by atoms with E-state index in [0.29, 0.717) is 0 Å². The molecule has 0 rings (SSSR count). The zero-order chi connectivity index (χ0) is 7.82. The number of hydrogen-bond acceptors (Lipinski definition) is 0. The van der Waals surface area contributed by atoms with Crippen molar-refractivity contribution in [1.29, 1.82) is 0 Å². The number of unbranched alkanes of at least 4 members (excludes halogenated alkanes) is 2. The fraction of sp³-hybridized carbons (Fsp3) is 0.900. The van der Waals surface area contributed by atoms with E-state index in [1.807, 2.05) is 0 Å². The van der Waals surface area contributed by atoms with Crippen molar-refractivity contribution < 1.29 is 0 Å². The molecule has 61 valence electrons. The molecule has 0 aromatic heterocycles. The first-order valence-electron chi connectivity index (χ1n) is 4.68. The van der Waals surface area contributed by atoms with Crippen molar-refractivity contribution in [2.75, 3.05) is 0 Å². The lowest BCUT2D eigenvalue weighted by molar-refractivity contribution is 0.533. The molecule has 0 saturated carbocycles. The Balaban J connectivity index is 3.09. The highest BCUT2D eigenvalue weighted by atomic mass is 14.1. The molecule has 0 aliphatic heterocycles. The molecule has 0 aromatic carbocycles. The van der Waals surface area contributed by atoms with Crippen molar-refractivity contribution >= 4 is 0 Å². The average Bonchev–Trinajstić information content (AvgIpc) is 1.99. The molecule has 10 heavy (non-hydrogen) atoms. The molecule has 0 atom stereocenters. The minimum absolute atomic E-state index is 0.881. The highest BCUT2D eigenvalue weighted by Crippen LogP contribution is 2.14. The normalized spacial score (nSPS) is 10.8. The van der Waals surface area contributed by atoms with Gasteiger partial charge in [-0.1, -0.05) is 46.5 Å². The molecule has 0 spiro atoms. The molecule has 0 fully saturated rings. The smallest absolute Gasteiger partial charge is 0.0355 e. The summed E-state index contributed by atoms with van der Waals surface area (Å²) >= 11 is 0. The van der Waals surface area contributed by atoms with Gasteiger partial charge in [-0.3, -0.25) is 0 Å². The van der Waals surface area contributed by atoms with Crippen molar-refractivity contribution in [2.24, 2.45) is 5.92 Å². The van der Waals surface area contributed by atoms with Gasteiger partial charge in [0.2, 0.25) is 0 Å². The molecule has 0 saturated heterocycles. The Kier molecular flexibility index (Phi) is 7.11. The average molecular weight is 141 g/mol. The van der Waals surface area contributed by atoms with Crippen LogP contribution in [0.4, 0.5) is 0 Å². The summed E-state index contributed by atoms with van der Waals surface area (Å²) < 4.78 is 0. The van der Waals surface area contributed by atoms with Crippen LogP contribution in [0.5, 0.6) is 0 Å². The van der Waals surface area contributed by atoms with Crippen LogP contribution in [0.3, 0.4) is 0 Å². The van der Waals surface area contributed by atoms with Gasteiger partial charge in [-0.2, -0.15) is 0 Å². The van der Waals surface area contributed by atoms with Crippen LogP contribution in [0, 0.1) is 12.3 Å². The van der Waals surface area contributed by atoms with E-state index in [4.69, 9.17) is 0 Å². The van der Waals surface area contributed by atoms with Crippen LogP contribution in [0.2, 0.25) is 0 Å². The molecular weight excluding hydrogens is 120 g/mol. The van der Waals surface area contributed by atoms with Crippen molar-refractivity contribution in [3.05, 3.63) is 6.42 Å². The molecular formula is C10H21. The van der Waals surface area contributed by atoms with Crippen LogP contribution in [0.15, 0.2) is 0 Å². The molecule has 0 N–H and O–H groups in total. The fourth-order valence-corrected chi connectivity index (χ4v) is 1.18. The van der Waals surface area contributed by atoms with Gasteiger partial charge in [0.1, 0.15) is 0 Å². The van der Waals surface area contributed by atoms with E-state index in [0.717, 1.165) is 5.92 Å². The van der Waals surface area contributed by atoms with Gasteiger partial charge in [-0.15, -0.1) is 0 Å². The van der Waals surface area contributed by atoms with Gasteiger partial charge >= 0.3 is 0 Å². The van der Waals surface area contributed by atoms with Crippen LogP contribution < -0.4 is 0 Å². The Labute approximate surface area is 66.0 Å². The monoisotopic (exact) mass is 141 g/mol. The predicted molar refractivity (Wildman–Crippen MR) is 47.9 cm³/mol. The SMILES string of the molecule is CCCC[CH]C(CC)CC. The van der Waals surface area contributed by atoms with E-state index in [-0.39, 0.29) is 0 Å². The molecule has 0 heteroatoms. The maximum Gasteiger partial charge on any atom is -0.0355 e. The first-order chi connectivity index (χ1) is 4.85. The van der Waals surface area contributed by atoms with Gasteiger partial charge in [0.25, 0.3) is 0 Å². The fourth-order valence-electron chi connectivity index (χ4n) is 1.18. The summed E-state index contributed by atoms with van der Waals surface area (Å²) in [5.41, 5.74) is 0. The topological polar surface area (TPSA) is 0 Å². The lowest BCUT2D eigenvalue weighted by Gasteiger charge is -2.09.